The third kappa shape index (κ3) is 7.20. The van der Waals surface area contributed by atoms with Crippen LogP contribution in [0.4, 0.5) is 0 Å². The molecule has 0 bridgehead atoms. The van der Waals surface area contributed by atoms with Crippen LogP contribution in [0.2, 0.25) is 0 Å². The summed E-state index contributed by atoms with van der Waals surface area (Å²) in [7, 11) is 1.63. The number of hydrogen-bond donors (Lipinski definition) is 1. The molecule has 0 unspecified atom stereocenters. The number of rotatable bonds is 12. The lowest BCUT2D eigenvalue weighted by atomic mass is 9.88. The van der Waals surface area contributed by atoms with Crippen molar-refractivity contribution in [3.05, 3.63) is 102 Å². The first-order chi connectivity index (χ1) is 17.5. The van der Waals surface area contributed by atoms with Crippen LogP contribution in [0.15, 0.2) is 84.9 Å². The van der Waals surface area contributed by atoms with Crippen molar-refractivity contribution in [1.82, 2.24) is 10.2 Å². The molecule has 0 aromatic heterocycles. The molecule has 0 spiro atoms. The molecule has 0 saturated carbocycles. The molecule has 1 N–H and O–H groups in total. The molecule has 0 aliphatic heterocycles. The molecule has 0 radical (unpaired) electrons. The smallest absolute Gasteiger partial charge is 0.243 e. The quantitative estimate of drug-likeness (QED) is 0.345. The highest BCUT2D eigenvalue weighted by atomic mass is 16.5. The molecule has 0 aliphatic rings. The summed E-state index contributed by atoms with van der Waals surface area (Å²) in [5.74, 6) is 0.451. The maximum Gasteiger partial charge on any atom is 0.243 e. The summed E-state index contributed by atoms with van der Waals surface area (Å²) in [6, 6.07) is 27.3. The Labute approximate surface area is 215 Å². The fraction of sp³-hybridized carbons (Fsp3) is 0.355. The molecule has 3 aromatic carbocycles. The fourth-order valence-corrected chi connectivity index (χ4v) is 4.42. The molecule has 3 rings (SSSR count). The van der Waals surface area contributed by atoms with Crippen LogP contribution in [0.25, 0.3) is 0 Å². The molecule has 5 nitrogen and oxygen atoms in total. The van der Waals surface area contributed by atoms with Crippen molar-refractivity contribution in [2.45, 2.75) is 64.6 Å². The second-order valence-electron chi connectivity index (χ2n) is 9.19. The monoisotopic (exact) mass is 486 g/mol. The van der Waals surface area contributed by atoms with Gasteiger partial charge in [-0.05, 0) is 48.6 Å². The van der Waals surface area contributed by atoms with Crippen LogP contribution in [-0.4, -0.2) is 35.9 Å². The maximum atomic E-state index is 14.0. The van der Waals surface area contributed by atoms with E-state index in [9.17, 15) is 9.59 Å². The van der Waals surface area contributed by atoms with Crippen molar-refractivity contribution in [2.75, 3.05) is 7.11 Å². The van der Waals surface area contributed by atoms with Gasteiger partial charge in [-0.1, -0.05) is 86.6 Å². The van der Waals surface area contributed by atoms with Gasteiger partial charge in [0.15, 0.2) is 0 Å². The molecule has 190 valence electrons. The van der Waals surface area contributed by atoms with Gasteiger partial charge in [-0.15, -0.1) is 0 Å². The topological polar surface area (TPSA) is 58.6 Å². The Balaban J connectivity index is 1.96. The van der Waals surface area contributed by atoms with Gasteiger partial charge in [-0.25, -0.2) is 0 Å². The van der Waals surface area contributed by atoms with E-state index in [-0.39, 0.29) is 30.2 Å². The molecule has 0 aliphatic carbocycles. The van der Waals surface area contributed by atoms with Gasteiger partial charge in [-0.3, -0.25) is 9.59 Å². The summed E-state index contributed by atoms with van der Waals surface area (Å²) in [6.07, 6.45) is 1.63. The molecule has 3 aromatic rings. The number of carbonyl (C=O) groups excluding carboxylic acids is 2. The molecular weight excluding hydrogens is 448 g/mol. The Hall–Kier alpha value is -3.60. The van der Waals surface area contributed by atoms with E-state index in [1.807, 2.05) is 81.4 Å². The van der Waals surface area contributed by atoms with Crippen molar-refractivity contribution >= 4 is 11.8 Å². The van der Waals surface area contributed by atoms with Crippen molar-refractivity contribution in [1.29, 1.82) is 0 Å². The number of nitrogens with zero attached hydrogens (tertiary/aromatic N) is 1. The minimum absolute atomic E-state index is 0.0432. The van der Waals surface area contributed by atoms with Crippen LogP contribution in [0.3, 0.4) is 0 Å². The highest BCUT2D eigenvalue weighted by Gasteiger charge is 2.31. The number of amides is 2. The second kappa shape index (κ2) is 13.5. The molecule has 0 saturated heterocycles. The minimum Gasteiger partial charge on any atom is -0.497 e. The summed E-state index contributed by atoms with van der Waals surface area (Å²) in [5, 5.41) is 3.08. The number of benzene rings is 3. The summed E-state index contributed by atoms with van der Waals surface area (Å²) >= 11 is 0. The summed E-state index contributed by atoms with van der Waals surface area (Å²) in [6.45, 7) is 6.31. The van der Waals surface area contributed by atoms with Crippen LogP contribution < -0.4 is 10.1 Å². The van der Waals surface area contributed by atoms with Crippen LogP contribution in [0.1, 0.15) is 62.6 Å². The van der Waals surface area contributed by atoms with Crippen molar-refractivity contribution in [2.24, 2.45) is 0 Å². The lowest BCUT2D eigenvalue weighted by molar-refractivity contribution is -0.141. The second-order valence-corrected chi connectivity index (χ2v) is 9.19. The van der Waals surface area contributed by atoms with Gasteiger partial charge >= 0.3 is 0 Å². The Morgan fingerprint density at radius 3 is 2.00 bits per heavy atom. The Kier molecular flexibility index (Phi) is 10.1. The zero-order valence-corrected chi connectivity index (χ0v) is 21.8. The summed E-state index contributed by atoms with van der Waals surface area (Å²) in [4.78, 5) is 29.1. The van der Waals surface area contributed by atoms with Gasteiger partial charge in [0.1, 0.15) is 11.8 Å². The third-order valence-corrected chi connectivity index (χ3v) is 6.66. The van der Waals surface area contributed by atoms with Gasteiger partial charge in [0, 0.05) is 24.9 Å². The van der Waals surface area contributed by atoms with Crippen molar-refractivity contribution < 1.29 is 14.3 Å². The number of methoxy groups -OCH3 is 1. The highest BCUT2D eigenvalue weighted by Crippen LogP contribution is 2.30. The van der Waals surface area contributed by atoms with E-state index < -0.39 is 6.04 Å². The van der Waals surface area contributed by atoms with Gasteiger partial charge in [0.25, 0.3) is 0 Å². The van der Waals surface area contributed by atoms with Crippen LogP contribution in [0.5, 0.6) is 5.75 Å². The predicted octanol–water partition coefficient (Wildman–Crippen LogP) is 5.94. The molecule has 36 heavy (non-hydrogen) atoms. The predicted molar refractivity (Wildman–Crippen MR) is 145 cm³/mol. The standard InChI is InChI=1S/C31H38N2O3/c1-5-23(3)32-31(35)29(6-2)33(22-24-14-13-19-27(20-24)36-4)30(34)21-28(25-15-9-7-10-16-25)26-17-11-8-12-18-26/h7-20,23,28-29H,5-6,21-22H2,1-4H3,(H,32,35)/t23-,29+/m0/s1. The molecule has 5 heteroatoms. The largest absolute Gasteiger partial charge is 0.497 e. The first kappa shape index (κ1) is 27.0. The van der Waals surface area contributed by atoms with E-state index in [4.69, 9.17) is 4.74 Å². The Bertz CT molecular complexity index is 1060. The Morgan fingerprint density at radius 1 is 0.861 bits per heavy atom. The lowest BCUT2D eigenvalue weighted by Gasteiger charge is -2.33. The van der Waals surface area contributed by atoms with Crippen LogP contribution in [-0.2, 0) is 16.1 Å². The van der Waals surface area contributed by atoms with Gasteiger partial charge in [0.2, 0.25) is 11.8 Å². The first-order valence-corrected chi connectivity index (χ1v) is 12.8. The highest BCUT2D eigenvalue weighted by molar-refractivity contribution is 5.88. The van der Waals surface area contributed by atoms with Gasteiger partial charge in [-0.2, -0.15) is 0 Å². The molecule has 0 fully saturated rings. The minimum atomic E-state index is -0.565. The van der Waals surface area contributed by atoms with Crippen LogP contribution in [0, 0.1) is 0 Å². The number of carbonyl (C=O) groups is 2. The molecule has 2 amide bonds. The fourth-order valence-electron chi connectivity index (χ4n) is 4.42. The maximum absolute atomic E-state index is 14.0. The van der Waals surface area contributed by atoms with Crippen molar-refractivity contribution in [3.63, 3.8) is 0 Å². The number of hydrogen-bond acceptors (Lipinski definition) is 3. The third-order valence-electron chi connectivity index (χ3n) is 6.66. The zero-order valence-electron chi connectivity index (χ0n) is 21.8. The van der Waals surface area contributed by atoms with E-state index >= 15 is 0 Å². The van der Waals surface area contributed by atoms with E-state index in [1.165, 1.54) is 0 Å². The average molecular weight is 487 g/mol. The first-order valence-electron chi connectivity index (χ1n) is 12.8. The van der Waals surface area contributed by atoms with Gasteiger partial charge in [0.05, 0.1) is 7.11 Å². The van der Waals surface area contributed by atoms with E-state index in [0.717, 1.165) is 28.9 Å². The number of nitrogens with one attached hydrogen (secondary N) is 1. The summed E-state index contributed by atoms with van der Waals surface area (Å²) < 4.78 is 5.40. The van der Waals surface area contributed by atoms with E-state index in [0.29, 0.717) is 13.0 Å². The van der Waals surface area contributed by atoms with E-state index in [2.05, 4.69) is 29.6 Å². The van der Waals surface area contributed by atoms with E-state index in [1.54, 1.807) is 12.0 Å². The normalized spacial score (nSPS) is 12.6. The average Bonchev–Trinajstić information content (AvgIpc) is 2.92. The molecule has 2 atom stereocenters. The van der Waals surface area contributed by atoms with Gasteiger partial charge < -0.3 is 15.0 Å². The van der Waals surface area contributed by atoms with Crippen LogP contribution >= 0.6 is 0 Å². The molecule has 0 heterocycles. The molecular formula is C31H38N2O3. The summed E-state index contributed by atoms with van der Waals surface area (Å²) in [5.41, 5.74) is 3.08. The zero-order chi connectivity index (χ0) is 25.9. The SMILES string of the molecule is CC[C@H](C(=O)N[C@@H](C)CC)N(Cc1cccc(OC)c1)C(=O)CC(c1ccccc1)c1ccccc1. The van der Waals surface area contributed by atoms with Crippen molar-refractivity contribution in [3.8, 4) is 5.75 Å². The number of ether oxygens (including phenoxy) is 1. The lowest BCUT2D eigenvalue weighted by Crippen LogP contribution is -2.51. The Morgan fingerprint density at radius 2 is 1.47 bits per heavy atom.